The number of phosphoric ester groups is 1. The lowest BCUT2D eigenvalue weighted by molar-refractivity contribution is -0.0501. The molecule has 6 atom stereocenters. The third-order valence-electron chi connectivity index (χ3n) is 4.06. The third-order valence-corrected chi connectivity index (χ3v) is 7.87. The molecule has 0 aliphatic carbocycles. The molecule has 16 nitrogen and oxygen atoms in total. The number of phosphoric acid groups is 3. The number of hydrogen-bond donors (Lipinski definition) is 7. The van der Waals surface area contributed by atoms with Gasteiger partial charge in [-0.3, -0.25) is 4.52 Å². The molecular formula is C12H18N3O13P3. The Labute approximate surface area is 173 Å². The highest BCUT2D eigenvalue weighted by Gasteiger charge is 2.46. The molecule has 0 amide bonds. The number of aliphatic hydroxyl groups excluding tert-OH is 2. The first kappa shape index (κ1) is 24.4. The van der Waals surface area contributed by atoms with Gasteiger partial charge in [0.05, 0.1) is 24.1 Å². The molecule has 1 saturated heterocycles. The minimum absolute atomic E-state index is 0.355. The van der Waals surface area contributed by atoms with Crippen LogP contribution < -0.4 is 5.73 Å². The summed E-state index contributed by atoms with van der Waals surface area (Å²) in [6, 6.07) is 4.85. The number of ether oxygens (including phenoxy) is 1. The molecule has 2 unspecified atom stereocenters. The second kappa shape index (κ2) is 8.61. The van der Waals surface area contributed by atoms with Crippen molar-refractivity contribution in [2.24, 2.45) is 0 Å². The number of nitrogens with zero attached hydrogens (tertiary/aromatic N) is 2. The number of hydrogen-bond acceptors (Lipinski definition) is 11. The highest BCUT2D eigenvalue weighted by atomic mass is 31.3. The van der Waals surface area contributed by atoms with E-state index in [4.69, 9.17) is 25.2 Å². The molecule has 1 aromatic heterocycles. The number of imidazole rings is 1. The summed E-state index contributed by atoms with van der Waals surface area (Å²) in [5, 5.41) is 20.5. The fourth-order valence-electron chi connectivity index (χ4n) is 2.85. The van der Waals surface area contributed by atoms with E-state index in [1.165, 1.54) is 10.9 Å². The molecule has 31 heavy (non-hydrogen) atoms. The lowest BCUT2D eigenvalue weighted by Gasteiger charge is -2.19. The van der Waals surface area contributed by atoms with Crippen LogP contribution in [0.25, 0.3) is 11.0 Å². The van der Waals surface area contributed by atoms with Crippen LogP contribution in [0.1, 0.15) is 6.23 Å². The van der Waals surface area contributed by atoms with Gasteiger partial charge >= 0.3 is 23.5 Å². The summed E-state index contributed by atoms with van der Waals surface area (Å²) < 4.78 is 52.2. The van der Waals surface area contributed by atoms with E-state index in [1.54, 1.807) is 18.2 Å². The number of aromatic nitrogens is 2. The quantitative estimate of drug-likeness (QED) is 0.178. The van der Waals surface area contributed by atoms with Crippen LogP contribution in [0.4, 0.5) is 5.69 Å². The first-order valence-electron chi connectivity index (χ1n) is 8.20. The molecular weight excluding hydrogens is 487 g/mol. The van der Waals surface area contributed by atoms with E-state index in [-0.39, 0.29) is 0 Å². The molecule has 1 aliphatic rings. The van der Waals surface area contributed by atoms with Crippen molar-refractivity contribution in [3.8, 4) is 0 Å². The second-order valence-corrected chi connectivity index (χ2v) is 10.7. The molecule has 1 aliphatic heterocycles. The number of rotatable bonds is 8. The fraction of sp³-hybridized carbons (Fsp3) is 0.417. The molecule has 174 valence electrons. The molecule has 0 bridgehead atoms. The summed E-state index contributed by atoms with van der Waals surface area (Å²) >= 11 is 0. The normalized spacial score (nSPS) is 28.5. The van der Waals surface area contributed by atoms with Gasteiger partial charge in [0.1, 0.15) is 23.8 Å². The first-order valence-corrected chi connectivity index (χ1v) is 12.7. The summed E-state index contributed by atoms with van der Waals surface area (Å²) in [5.41, 5.74) is 7.04. The Morgan fingerprint density at radius 3 is 2.39 bits per heavy atom. The number of nitrogens with two attached hydrogens (primary N) is 1. The summed E-state index contributed by atoms with van der Waals surface area (Å²) in [5.74, 6) is 0. The number of benzene rings is 1. The number of anilines is 1. The second-order valence-electron chi connectivity index (χ2n) is 6.30. The molecule has 1 fully saturated rings. The van der Waals surface area contributed by atoms with E-state index in [9.17, 15) is 28.8 Å². The Kier molecular flexibility index (Phi) is 6.79. The van der Waals surface area contributed by atoms with Gasteiger partial charge in [-0.25, -0.2) is 18.7 Å². The van der Waals surface area contributed by atoms with E-state index in [2.05, 4.69) is 18.1 Å². The van der Waals surface area contributed by atoms with Crippen molar-refractivity contribution in [1.82, 2.24) is 9.55 Å². The molecule has 3 rings (SSSR count). The van der Waals surface area contributed by atoms with E-state index in [1.807, 2.05) is 0 Å². The molecule has 2 aromatic rings. The highest BCUT2D eigenvalue weighted by Crippen LogP contribution is 2.66. The number of para-hydroxylation sites is 1. The van der Waals surface area contributed by atoms with E-state index < -0.39 is 54.6 Å². The van der Waals surface area contributed by atoms with Crippen LogP contribution in [0.15, 0.2) is 24.5 Å². The van der Waals surface area contributed by atoms with Crippen LogP contribution in [-0.4, -0.2) is 64.3 Å². The number of nitrogen functional groups attached to an aromatic ring is 1. The average molecular weight is 505 g/mol. The van der Waals surface area contributed by atoms with Crippen LogP contribution >= 0.6 is 23.5 Å². The molecule has 0 spiro atoms. The zero-order valence-electron chi connectivity index (χ0n) is 15.2. The Balaban J connectivity index is 1.69. The van der Waals surface area contributed by atoms with Gasteiger partial charge < -0.3 is 44.8 Å². The van der Waals surface area contributed by atoms with Crippen molar-refractivity contribution < 1.29 is 61.4 Å². The summed E-state index contributed by atoms with van der Waals surface area (Å²) in [4.78, 5) is 39.7. The minimum atomic E-state index is -5.69. The van der Waals surface area contributed by atoms with Crippen LogP contribution in [0.5, 0.6) is 0 Å². The molecule has 1 aromatic carbocycles. The fourth-order valence-corrected chi connectivity index (χ4v) is 5.88. The van der Waals surface area contributed by atoms with Crippen LogP contribution in [0.3, 0.4) is 0 Å². The molecule has 2 heterocycles. The maximum atomic E-state index is 11.8. The van der Waals surface area contributed by atoms with Crippen molar-refractivity contribution >= 4 is 40.2 Å². The monoisotopic (exact) mass is 505 g/mol. The van der Waals surface area contributed by atoms with Gasteiger partial charge in [-0.15, -0.1) is 0 Å². The average Bonchev–Trinajstić information content (AvgIpc) is 3.13. The van der Waals surface area contributed by atoms with Crippen LogP contribution in [0.2, 0.25) is 0 Å². The number of aliphatic hydroxyl groups is 2. The lowest BCUT2D eigenvalue weighted by atomic mass is 10.1. The topological polar surface area (TPSA) is 253 Å². The molecule has 0 saturated carbocycles. The minimum Gasteiger partial charge on any atom is -0.397 e. The maximum Gasteiger partial charge on any atom is 0.490 e. The van der Waals surface area contributed by atoms with E-state index in [0.717, 1.165) is 0 Å². The standard InChI is InChI=1S/C12H18N3O13P3/c13-6-2-1-3-7-9(6)14-5-15(7)12-11(17)10(16)8(26-12)4-25-30(21,22)28-31(23,24)27-29(18,19)20/h1-3,5,8,10-12,16-17H,4,13H2,(H,21,22)(H,23,24)(H2,18,19,20)/t8-,10-,11-,12-/m1/s1. The lowest BCUT2D eigenvalue weighted by Crippen LogP contribution is -2.33. The SMILES string of the molecule is Nc1cccc2c1ncn2[C@@H]1O[C@H](COP(=O)(O)OP(=O)(O)OP(=O)(O)O)[C@@H](O)[C@H]1O. The summed E-state index contributed by atoms with van der Waals surface area (Å²) in [6.45, 7) is -0.923. The molecule has 19 heteroatoms. The highest BCUT2D eigenvalue weighted by molar-refractivity contribution is 7.66. The third kappa shape index (κ3) is 5.78. The Morgan fingerprint density at radius 2 is 1.74 bits per heavy atom. The van der Waals surface area contributed by atoms with Crippen LogP contribution in [0, 0.1) is 0 Å². The smallest absolute Gasteiger partial charge is 0.397 e. The summed E-state index contributed by atoms with van der Waals surface area (Å²) in [7, 11) is -16.6. The van der Waals surface area contributed by atoms with Crippen molar-refractivity contribution in [3.05, 3.63) is 24.5 Å². The van der Waals surface area contributed by atoms with E-state index >= 15 is 0 Å². The predicted molar refractivity (Wildman–Crippen MR) is 99.9 cm³/mol. The van der Waals surface area contributed by atoms with Gasteiger partial charge in [0.25, 0.3) is 0 Å². The van der Waals surface area contributed by atoms with Crippen molar-refractivity contribution in [1.29, 1.82) is 0 Å². The van der Waals surface area contributed by atoms with Crippen molar-refractivity contribution in [2.45, 2.75) is 24.5 Å². The van der Waals surface area contributed by atoms with Crippen molar-refractivity contribution in [3.63, 3.8) is 0 Å². The number of fused-ring (bicyclic) bond motifs is 1. The summed E-state index contributed by atoms with van der Waals surface area (Å²) in [6.07, 6.45) is -4.48. The van der Waals surface area contributed by atoms with E-state index in [0.29, 0.717) is 16.7 Å². The Morgan fingerprint density at radius 1 is 1.06 bits per heavy atom. The molecule has 0 radical (unpaired) electrons. The van der Waals surface area contributed by atoms with Crippen LogP contribution in [-0.2, 0) is 31.6 Å². The maximum absolute atomic E-state index is 11.8. The zero-order chi connectivity index (χ0) is 23.2. The zero-order valence-corrected chi connectivity index (χ0v) is 17.9. The van der Waals surface area contributed by atoms with Crippen molar-refractivity contribution in [2.75, 3.05) is 12.3 Å². The van der Waals surface area contributed by atoms with Gasteiger partial charge in [-0.05, 0) is 12.1 Å². The largest absolute Gasteiger partial charge is 0.490 e. The van der Waals surface area contributed by atoms with Gasteiger partial charge in [0.15, 0.2) is 6.23 Å². The predicted octanol–water partition coefficient (Wildman–Crippen LogP) is -0.419. The van der Waals surface area contributed by atoms with Gasteiger partial charge in [0.2, 0.25) is 0 Å². The first-order chi connectivity index (χ1) is 14.2. The Hall–Kier alpha value is -1.22. The molecule has 8 N–H and O–H groups in total. The Bertz CT molecular complexity index is 1100. The van der Waals surface area contributed by atoms with Gasteiger partial charge in [0, 0.05) is 0 Å². The van der Waals surface area contributed by atoms with Gasteiger partial charge in [-0.2, -0.15) is 8.62 Å². The van der Waals surface area contributed by atoms with Gasteiger partial charge in [-0.1, -0.05) is 6.07 Å².